The van der Waals surface area contributed by atoms with Gasteiger partial charge in [0.05, 0.1) is 32.3 Å². The summed E-state index contributed by atoms with van der Waals surface area (Å²) in [7, 11) is 0. The van der Waals surface area contributed by atoms with E-state index in [1.54, 1.807) is 11.3 Å². The van der Waals surface area contributed by atoms with Crippen molar-refractivity contribution in [3.63, 3.8) is 0 Å². The van der Waals surface area contributed by atoms with Gasteiger partial charge in [0.25, 0.3) is 0 Å². The van der Waals surface area contributed by atoms with Crippen LogP contribution in [0.5, 0.6) is 0 Å². The predicted molar refractivity (Wildman–Crippen MR) is 355 cm³/mol. The van der Waals surface area contributed by atoms with Crippen LogP contribution in [-0.4, -0.2) is 14.1 Å². The lowest BCUT2D eigenvalue weighted by atomic mass is 9.92. The summed E-state index contributed by atoms with van der Waals surface area (Å²) in [6, 6.07) is 106. The highest BCUT2D eigenvalue weighted by molar-refractivity contribution is 7.21. The van der Waals surface area contributed by atoms with Gasteiger partial charge in [-0.2, -0.15) is 0 Å². The van der Waals surface area contributed by atoms with Crippen molar-refractivity contribution in [1.29, 1.82) is 0 Å². The molecule has 0 amide bonds. The minimum Gasteiger partial charge on any atom is -0.309 e. The van der Waals surface area contributed by atoms with E-state index in [9.17, 15) is 0 Å². The number of para-hydroxylation sites is 1. The quantitative estimate of drug-likeness (QED) is 0.152. The summed E-state index contributed by atoms with van der Waals surface area (Å²) in [5, 5.41) is 21.3. The molecule has 0 unspecified atom stereocenters. The molecule has 3 heterocycles. The van der Waals surface area contributed by atoms with Crippen LogP contribution in [0.25, 0.3) is 174 Å². The van der Waals surface area contributed by atoms with Crippen LogP contribution in [0, 0.1) is 0 Å². The van der Waals surface area contributed by atoms with Crippen molar-refractivity contribution in [2.45, 2.75) is 0 Å². The first-order valence-corrected chi connectivity index (χ1v) is 29.3. The number of nitrogens with zero attached hydrogens (tertiary/aromatic N) is 3. The summed E-state index contributed by atoms with van der Waals surface area (Å²) in [6.07, 6.45) is 0. The van der Waals surface area contributed by atoms with Crippen LogP contribution in [0.1, 0.15) is 0 Å². The van der Waals surface area contributed by atoms with E-state index in [2.05, 4.69) is 294 Å². The van der Waals surface area contributed by atoms with Crippen LogP contribution < -0.4 is 0 Å². The van der Waals surface area contributed by atoms with Gasteiger partial charge in [-0.15, -0.1) is 11.3 Å². The zero-order valence-corrected chi connectivity index (χ0v) is 45.7. The van der Waals surface area contributed by atoms with Gasteiger partial charge in [-0.3, -0.25) is 0 Å². The molecule has 18 rings (SSSR count). The van der Waals surface area contributed by atoms with E-state index in [1.807, 2.05) is 0 Å². The van der Waals surface area contributed by atoms with E-state index in [0.29, 0.717) is 0 Å². The maximum absolute atomic E-state index is 5.25. The molecule has 83 heavy (non-hydrogen) atoms. The smallest absolute Gasteiger partial charge is 0.124 e. The Balaban J connectivity index is 0.741. The van der Waals surface area contributed by atoms with Crippen molar-refractivity contribution < 1.29 is 0 Å². The number of thiazole rings is 1. The normalized spacial score (nSPS) is 12.1. The van der Waals surface area contributed by atoms with Crippen LogP contribution in [0.3, 0.4) is 0 Å². The van der Waals surface area contributed by atoms with Crippen molar-refractivity contribution in [3.8, 4) is 55.3 Å². The molecule has 15 aromatic carbocycles. The standard InChI is InChI=1S/C79H47N3S/c1-2-14-50(15-3-1)79-80-73-47-77-72(46-78(73)83-79)71-45-54(33-41-76(71)82(77)56-36-28-49(29-37-56)52-31-39-66-62-21-7-5-17-58(62)60-19-9-11-23-64(60)69(66)43-52)53-32-40-75-70(44-53)67-24-12-13-25-74(67)81(75)55-34-26-48(27-35-55)51-30-38-65-61-20-6-4-16-57(61)59-18-8-10-22-63(59)68(65)42-51/h1-47H. The summed E-state index contributed by atoms with van der Waals surface area (Å²) in [5.74, 6) is 0. The zero-order chi connectivity index (χ0) is 54.3. The first-order chi connectivity index (χ1) is 41.1. The third kappa shape index (κ3) is 7.07. The molecule has 0 atom stereocenters. The highest BCUT2D eigenvalue weighted by Crippen LogP contribution is 2.44. The second-order valence-electron chi connectivity index (χ2n) is 22.2. The summed E-state index contributed by atoms with van der Waals surface area (Å²) in [4.78, 5) is 5.25. The molecule has 0 aliphatic carbocycles. The minimum atomic E-state index is 1.01. The van der Waals surface area contributed by atoms with Gasteiger partial charge in [0.1, 0.15) is 5.01 Å². The molecule has 0 radical (unpaired) electrons. The minimum absolute atomic E-state index is 1.01. The fourth-order valence-corrected chi connectivity index (χ4v) is 14.8. The van der Waals surface area contributed by atoms with Crippen molar-refractivity contribution in [2.24, 2.45) is 0 Å². The second kappa shape index (κ2) is 17.9. The molecular formula is C79H47N3S. The average molecular weight is 1070 g/mol. The van der Waals surface area contributed by atoms with Crippen molar-refractivity contribution in [1.82, 2.24) is 14.1 Å². The summed E-state index contributed by atoms with van der Waals surface area (Å²) >= 11 is 1.76. The lowest BCUT2D eigenvalue weighted by molar-refractivity contribution is 1.18. The van der Waals surface area contributed by atoms with Crippen LogP contribution in [-0.2, 0) is 0 Å². The molecule has 3 nitrogen and oxygen atoms in total. The first-order valence-electron chi connectivity index (χ1n) is 28.5. The summed E-state index contributed by atoms with van der Waals surface area (Å²) < 4.78 is 6.04. The number of aromatic nitrogens is 3. The van der Waals surface area contributed by atoms with E-state index in [4.69, 9.17) is 4.98 Å². The molecule has 18 aromatic rings. The monoisotopic (exact) mass is 1070 g/mol. The van der Waals surface area contributed by atoms with Crippen molar-refractivity contribution in [2.75, 3.05) is 0 Å². The predicted octanol–water partition coefficient (Wildman–Crippen LogP) is 22.1. The molecule has 0 saturated heterocycles. The van der Waals surface area contributed by atoms with Crippen LogP contribution >= 0.6 is 11.3 Å². The van der Waals surface area contributed by atoms with Gasteiger partial charge in [-0.25, -0.2) is 4.98 Å². The van der Waals surface area contributed by atoms with E-state index >= 15 is 0 Å². The molecule has 3 aromatic heterocycles. The highest BCUT2D eigenvalue weighted by Gasteiger charge is 2.20. The molecular weight excluding hydrogens is 1020 g/mol. The highest BCUT2D eigenvalue weighted by atomic mass is 32.1. The Labute approximate surface area is 481 Å². The van der Waals surface area contributed by atoms with Crippen molar-refractivity contribution in [3.05, 3.63) is 285 Å². The number of hydrogen-bond donors (Lipinski definition) is 0. The molecule has 0 saturated carbocycles. The molecule has 384 valence electrons. The molecule has 0 aliphatic rings. The molecule has 4 heteroatoms. The lowest BCUT2D eigenvalue weighted by Crippen LogP contribution is -1.94. The van der Waals surface area contributed by atoms with Crippen LogP contribution in [0.15, 0.2) is 285 Å². The molecule has 0 spiro atoms. The number of rotatable bonds is 6. The van der Waals surface area contributed by atoms with Crippen molar-refractivity contribution >= 4 is 130 Å². The SMILES string of the molecule is c1ccc(-c2nc3cc4c(cc3s2)c2cc(-c3ccc5c(c3)c3ccccc3n5-c3ccc(-c5ccc6c7ccccc7c7ccccc7c6c5)cc3)ccc2n4-c2ccc(-c3ccc4c5ccccc5c5ccccc5c4c3)cc2)cc1. The van der Waals surface area contributed by atoms with Gasteiger partial charge in [-0.05, 0) is 177 Å². The largest absolute Gasteiger partial charge is 0.309 e. The fourth-order valence-electron chi connectivity index (χ4n) is 13.8. The van der Waals surface area contributed by atoms with Gasteiger partial charge in [0, 0.05) is 38.5 Å². The zero-order valence-electron chi connectivity index (χ0n) is 44.9. The maximum Gasteiger partial charge on any atom is 0.124 e. The number of hydrogen-bond acceptors (Lipinski definition) is 2. The maximum atomic E-state index is 5.25. The lowest BCUT2D eigenvalue weighted by Gasteiger charge is -2.13. The van der Waals surface area contributed by atoms with E-state index in [0.717, 1.165) is 38.5 Å². The second-order valence-corrected chi connectivity index (χ2v) is 23.2. The van der Waals surface area contributed by atoms with Crippen LogP contribution in [0.2, 0.25) is 0 Å². The topological polar surface area (TPSA) is 22.8 Å². The number of benzene rings is 15. The average Bonchev–Trinajstić information content (AvgIpc) is 3.99. The summed E-state index contributed by atoms with van der Waals surface area (Å²) in [6.45, 7) is 0. The molecule has 0 fully saturated rings. The van der Waals surface area contributed by atoms with Gasteiger partial charge in [-0.1, -0.05) is 206 Å². The Morgan fingerprint density at radius 2 is 0.554 bits per heavy atom. The third-order valence-corrected chi connectivity index (χ3v) is 18.8. The Morgan fingerprint density at radius 1 is 0.217 bits per heavy atom. The molecule has 0 aliphatic heterocycles. The Hall–Kier alpha value is -10.7. The fraction of sp³-hybridized carbons (Fsp3) is 0. The molecule has 0 bridgehead atoms. The number of fused-ring (bicyclic) bond motifs is 19. The van der Waals surface area contributed by atoms with Gasteiger partial charge in [0.15, 0.2) is 0 Å². The Kier molecular flexibility index (Phi) is 9.96. The Bertz CT molecular complexity index is 5660. The van der Waals surface area contributed by atoms with E-state index in [-0.39, 0.29) is 0 Å². The van der Waals surface area contributed by atoms with Crippen LogP contribution in [0.4, 0.5) is 0 Å². The Morgan fingerprint density at radius 3 is 1.05 bits per heavy atom. The third-order valence-electron chi connectivity index (χ3n) is 17.7. The summed E-state index contributed by atoms with van der Waals surface area (Å²) in [5.41, 5.74) is 16.2. The van der Waals surface area contributed by atoms with Gasteiger partial charge >= 0.3 is 0 Å². The van der Waals surface area contributed by atoms with Gasteiger partial charge in [0.2, 0.25) is 0 Å². The van der Waals surface area contributed by atoms with E-state index in [1.165, 1.54) is 135 Å². The first kappa shape index (κ1) is 46.1. The van der Waals surface area contributed by atoms with Gasteiger partial charge < -0.3 is 9.13 Å². The van der Waals surface area contributed by atoms with E-state index < -0.39 is 0 Å². The molecule has 0 N–H and O–H groups in total.